The first-order chi connectivity index (χ1) is 11.5. The Kier molecular flexibility index (Phi) is 5.78. The van der Waals surface area contributed by atoms with E-state index in [4.69, 9.17) is 14.2 Å². The van der Waals surface area contributed by atoms with Gasteiger partial charge in [-0.05, 0) is 36.8 Å². The van der Waals surface area contributed by atoms with Gasteiger partial charge in [0.1, 0.15) is 17.1 Å². The van der Waals surface area contributed by atoms with Crippen LogP contribution in [0.25, 0.3) is 0 Å². The van der Waals surface area contributed by atoms with Gasteiger partial charge in [-0.2, -0.15) is 0 Å². The van der Waals surface area contributed by atoms with Crippen molar-refractivity contribution in [2.24, 2.45) is 0 Å². The van der Waals surface area contributed by atoms with Crippen LogP contribution in [0.3, 0.4) is 0 Å². The Morgan fingerprint density at radius 2 is 1.71 bits per heavy atom. The summed E-state index contributed by atoms with van der Waals surface area (Å²) in [5.41, 5.74) is 1.76. The first kappa shape index (κ1) is 17.3. The second-order valence-electron chi connectivity index (χ2n) is 5.03. The van der Waals surface area contributed by atoms with Crippen molar-refractivity contribution in [3.8, 4) is 11.5 Å². The van der Waals surface area contributed by atoms with E-state index in [-0.39, 0.29) is 5.56 Å². The van der Waals surface area contributed by atoms with Crippen molar-refractivity contribution in [1.82, 2.24) is 0 Å². The van der Waals surface area contributed by atoms with Crippen LogP contribution in [0.15, 0.2) is 42.5 Å². The zero-order valence-corrected chi connectivity index (χ0v) is 13.8. The summed E-state index contributed by atoms with van der Waals surface area (Å²) in [4.78, 5) is 24.1. The Labute approximate surface area is 140 Å². The number of carbonyl (C=O) groups is 2. The number of hydrogen-bond donors (Lipinski definition) is 1. The summed E-state index contributed by atoms with van der Waals surface area (Å²) in [7, 11) is 2.98. The van der Waals surface area contributed by atoms with E-state index < -0.39 is 18.5 Å². The topological polar surface area (TPSA) is 73.9 Å². The lowest BCUT2D eigenvalue weighted by Gasteiger charge is -2.12. The molecule has 0 atom stereocenters. The fourth-order valence-corrected chi connectivity index (χ4v) is 2.13. The predicted octanol–water partition coefficient (Wildman–Crippen LogP) is 2.81. The normalized spacial score (nSPS) is 9.96. The minimum atomic E-state index is -0.626. The Morgan fingerprint density at radius 3 is 2.42 bits per heavy atom. The number of amides is 1. The Bertz CT molecular complexity index is 742. The van der Waals surface area contributed by atoms with Gasteiger partial charge in [0.25, 0.3) is 5.91 Å². The van der Waals surface area contributed by atoms with Crippen molar-refractivity contribution >= 4 is 17.6 Å². The van der Waals surface area contributed by atoms with Gasteiger partial charge in [-0.3, -0.25) is 4.79 Å². The number of carbonyl (C=O) groups excluding carboxylic acids is 2. The van der Waals surface area contributed by atoms with Gasteiger partial charge in [-0.15, -0.1) is 0 Å². The lowest BCUT2D eigenvalue weighted by atomic mass is 10.2. The Hall–Kier alpha value is -3.02. The van der Waals surface area contributed by atoms with Crippen molar-refractivity contribution in [1.29, 1.82) is 0 Å². The summed E-state index contributed by atoms with van der Waals surface area (Å²) in [6.45, 7) is 1.49. The van der Waals surface area contributed by atoms with Crippen LogP contribution in [0.5, 0.6) is 11.5 Å². The summed E-state index contributed by atoms with van der Waals surface area (Å²) in [6, 6.07) is 12.1. The average Bonchev–Trinajstić information content (AvgIpc) is 2.59. The van der Waals surface area contributed by atoms with Crippen molar-refractivity contribution < 1.29 is 23.8 Å². The lowest BCUT2D eigenvalue weighted by molar-refractivity contribution is -0.119. The fourth-order valence-electron chi connectivity index (χ4n) is 2.13. The third kappa shape index (κ3) is 4.25. The van der Waals surface area contributed by atoms with E-state index in [0.29, 0.717) is 17.2 Å². The molecule has 6 heteroatoms. The molecule has 2 rings (SSSR count). The van der Waals surface area contributed by atoms with Gasteiger partial charge in [-0.25, -0.2) is 4.79 Å². The molecule has 6 nitrogen and oxygen atoms in total. The third-order valence-electron chi connectivity index (χ3n) is 3.29. The summed E-state index contributed by atoms with van der Waals surface area (Å²) >= 11 is 0. The SMILES string of the molecule is COc1ccc(C)cc1NC(=O)COC(=O)c1ccccc1OC. The molecule has 0 aliphatic rings. The van der Waals surface area contributed by atoms with Crippen molar-refractivity contribution in [3.63, 3.8) is 0 Å². The molecule has 24 heavy (non-hydrogen) atoms. The third-order valence-corrected chi connectivity index (χ3v) is 3.29. The first-order valence-electron chi connectivity index (χ1n) is 7.29. The van der Waals surface area contributed by atoms with Gasteiger partial charge in [0.05, 0.1) is 19.9 Å². The number of hydrogen-bond acceptors (Lipinski definition) is 5. The fraction of sp³-hybridized carbons (Fsp3) is 0.222. The summed E-state index contributed by atoms with van der Waals surface area (Å²) in [5.74, 6) is -0.158. The number of esters is 1. The van der Waals surface area contributed by atoms with Crippen molar-refractivity contribution in [2.75, 3.05) is 26.1 Å². The zero-order valence-electron chi connectivity index (χ0n) is 13.8. The molecule has 0 fully saturated rings. The van der Waals surface area contributed by atoms with E-state index in [1.54, 1.807) is 36.4 Å². The molecular formula is C18H19NO5. The van der Waals surface area contributed by atoms with Crippen LogP contribution in [0.2, 0.25) is 0 Å². The number of nitrogens with one attached hydrogen (secondary N) is 1. The standard InChI is InChI=1S/C18H19NO5/c1-12-8-9-16(23-3)14(10-12)19-17(20)11-24-18(21)13-6-4-5-7-15(13)22-2/h4-10H,11H2,1-3H3,(H,19,20). The molecule has 1 amide bonds. The molecule has 0 unspecified atom stereocenters. The maximum atomic E-state index is 12.1. The number of benzene rings is 2. The number of rotatable bonds is 6. The number of para-hydroxylation sites is 1. The highest BCUT2D eigenvalue weighted by atomic mass is 16.5. The highest BCUT2D eigenvalue weighted by molar-refractivity contribution is 5.97. The number of aryl methyl sites for hydroxylation is 1. The number of methoxy groups -OCH3 is 2. The Morgan fingerprint density at radius 1 is 1.00 bits per heavy atom. The molecule has 0 saturated carbocycles. The Balaban J connectivity index is 1.98. The molecule has 126 valence electrons. The monoisotopic (exact) mass is 329 g/mol. The van der Waals surface area contributed by atoms with E-state index in [2.05, 4.69) is 5.32 Å². The van der Waals surface area contributed by atoms with E-state index in [0.717, 1.165) is 5.56 Å². The van der Waals surface area contributed by atoms with E-state index in [1.807, 2.05) is 13.0 Å². The average molecular weight is 329 g/mol. The van der Waals surface area contributed by atoms with E-state index >= 15 is 0 Å². The molecule has 0 bridgehead atoms. The van der Waals surface area contributed by atoms with Gasteiger partial charge < -0.3 is 19.5 Å². The van der Waals surface area contributed by atoms with Crippen LogP contribution in [-0.2, 0) is 9.53 Å². The van der Waals surface area contributed by atoms with Crippen LogP contribution in [0.1, 0.15) is 15.9 Å². The van der Waals surface area contributed by atoms with Gasteiger partial charge in [0.15, 0.2) is 6.61 Å². The van der Waals surface area contributed by atoms with Crippen LogP contribution < -0.4 is 14.8 Å². The summed E-state index contributed by atoms with van der Waals surface area (Å²) in [5, 5.41) is 2.67. The van der Waals surface area contributed by atoms with Crippen molar-refractivity contribution in [3.05, 3.63) is 53.6 Å². The molecule has 0 saturated heterocycles. The molecule has 1 N–H and O–H groups in total. The van der Waals surface area contributed by atoms with E-state index in [1.165, 1.54) is 14.2 Å². The summed E-state index contributed by atoms with van der Waals surface area (Å²) in [6.07, 6.45) is 0. The van der Waals surface area contributed by atoms with Crippen LogP contribution in [0, 0.1) is 6.92 Å². The van der Waals surface area contributed by atoms with Crippen LogP contribution >= 0.6 is 0 Å². The minimum Gasteiger partial charge on any atom is -0.496 e. The van der Waals surface area contributed by atoms with Gasteiger partial charge in [-0.1, -0.05) is 18.2 Å². The van der Waals surface area contributed by atoms with Crippen LogP contribution in [-0.4, -0.2) is 32.7 Å². The summed E-state index contributed by atoms with van der Waals surface area (Å²) < 4.78 is 15.3. The molecule has 0 aromatic heterocycles. The molecule has 0 aliphatic carbocycles. The molecule has 2 aromatic rings. The number of ether oxygens (including phenoxy) is 3. The van der Waals surface area contributed by atoms with Crippen LogP contribution in [0.4, 0.5) is 5.69 Å². The van der Waals surface area contributed by atoms with Gasteiger partial charge in [0, 0.05) is 0 Å². The maximum absolute atomic E-state index is 12.1. The molecule has 0 heterocycles. The number of anilines is 1. The minimum absolute atomic E-state index is 0.265. The van der Waals surface area contributed by atoms with Gasteiger partial charge in [0.2, 0.25) is 0 Å². The highest BCUT2D eigenvalue weighted by Crippen LogP contribution is 2.25. The predicted molar refractivity (Wildman–Crippen MR) is 89.6 cm³/mol. The first-order valence-corrected chi connectivity index (χ1v) is 7.29. The molecular weight excluding hydrogens is 310 g/mol. The van der Waals surface area contributed by atoms with Gasteiger partial charge >= 0.3 is 5.97 Å². The largest absolute Gasteiger partial charge is 0.496 e. The maximum Gasteiger partial charge on any atom is 0.342 e. The molecule has 0 spiro atoms. The molecule has 0 radical (unpaired) electrons. The molecule has 2 aromatic carbocycles. The second-order valence-corrected chi connectivity index (χ2v) is 5.03. The van der Waals surface area contributed by atoms with Crippen molar-refractivity contribution in [2.45, 2.75) is 6.92 Å². The zero-order chi connectivity index (χ0) is 17.5. The molecule has 0 aliphatic heterocycles. The lowest BCUT2D eigenvalue weighted by Crippen LogP contribution is -2.21. The second kappa shape index (κ2) is 8.01. The highest BCUT2D eigenvalue weighted by Gasteiger charge is 2.15. The quantitative estimate of drug-likeness (QED) is 0.825. The van der Waals surface area contributed by atoms with E-state index in [9.17, 15) is 9.59 Å². The smallest absolute Gasteiger partial charge is 0.342 e.